The molecule has 78 valence electrons. The van der Waals surface area contributed by atoms with E-state index in [-0.39, 0.29) is 5.02 Å². The van der Waals surface area contributed by atoms with Gasteiger partial charge in [-0.15, -0.1) is 0 Å². The second-order valence-corrected chi connectivity index (χ2v) is 4.18. The molecule has 1 atom stereocenters. The van der Waals surface area contributed by atoms with Crippen LogP contribution in [0.2, 0.25) is 5.02 Å². The first-order chi connectivity index (χ1) is 6.44. The molecule has 0 spiro atoms. The highest BCUT2D eigenvalue weighted by Gasteiger charge is 2.18. The molecule has 1 unspecified atom stereocenters. The summed E-state index contributed by atoms with van der Waals surface area (Å²) in [5.41, 5.74) is -0.0148. The average molecular weight is 217 g/mol. The van der Waals surface area contributed by atoms with Crippen molar-refractivity contribution in [3.05, 3.63) is 34.6 Å². The van der Waals surface area contributed by atoms with Gasteiger partial charge >= 0.3 is 0 Å². The Morgan fingerprint density at radius 3 is 2.64 bits per heavy atom. The maximum Gasteiger partial charge on any atom is 0.142 e. The predicted molar refractivity (Wildman–Crippen MR) is 56.0 cm³/mol. The van der Waals surface area contributed by atoms with Gasteiger partial charge in [-0.3, -0.25) is 0 Å². The third-order valence-corrected chi connectivity index (χ3v) is 2.64. The molecule has 1 N–H and O–H groups in total. The molecule has 0 aliphatic carbocycles. The van der Waals surface area contributed by atoms with E-state index in [1.165, 1.54) is 12.1 Å². The summed E-state index contributed by atoms with van der Waals surface area (Å²) in [6.45, 7) is 3.63. The van der Waals surface area contributed by atoms with Crippen LogP contribution in [0.15, 0.2) is 18.2 Å². The van der Waals surface area contributed by atoms with Crippen molar-refractivity contribution in [2.75, 3.05) is 0 Å². The minimum absolute atomic E-state index is 0.116. The van der Waals surface area contributed by atoms with Crippen molar-refractivity contribution in [2.45, 2.75) is 32.3 Å². The largest absolute Gasteiger partial charge is 0.390 e. The van der Waals surface area contributed by atoms with Crippen molar-refractivity contribution in [3.63, 3.8) is 0 Å². The van der Waals surface area contributed by atoms with Crippen LogP contribution < -0.4 is 0 Å². The zero-order valence-electron chi connectivity index (χ0n) is 8.35. The standard InChI is InChI=1S/C11H14ClFO/c1-3-11(2,14)7-8-4-5-9(12)10(13)6-8/h4-6,14H,3,7H2,1-2H3. The Labute approximate surface area is 88.5 Å². The van der Waals surface area contributed by atoms with E-state index in [2.05, 4.69) is 0 Å². The molecular formula is C11H14ClFO. The van der Waals surface area contributed by atoms with Gasteiger partial charge in [0, 0.05) is 6.42 Å². The summed E-state index contributed by atoms with van der Waals surface area (Å²) in [7, 11) is 0. The normalized spacial score (nSPS) is 15.2. The zero-order chi connectivity index (χ0) is 10.8. The van der Waals surface area contributed by atoms with Crippen LogP contribution in [-0.4, -0.2) is 10.7 Å². The average Bonchev–Trinajstić information content (AvgIpc) is 2.11. The van der Waals surface area contributed by atoms with Crippen LogP contribution >= 0.6 is 11.6 Å². The summed E-state index contributed by atoms with van der Waals surface area (Å²) in [5.74, 6) is -0.434. The molecule has 0 radical (unpaired) electrons. The maximum atomic E-state index is 13.0. The second kappa shape index (κ2) is 4.28. The van der Waals surface area contributed by atoms with Gasteiger partial charge in [0.15, 0.2) is 0 Å². The lowest BCUT2D eigenvalue weighted by atomic mass is 9.94. The second-order valence-electron chi connectivity index (χ2n) is 3.78. The SMILES string of the molecule is CCC(C)(O)Cc1ccc(Cl)c(F)c1. The Kier molecular flexibility index (Phi) is 3.51. The summed E-state index contributed by atoms with van der Waals surface area (Å²) < 4.78 is 13.0. The van der Waals surface area contributed by atoms with Gasteiger partial charge in [-0.25, -0.2) is 4.39 Å². The van der Waals surface area contributed by atoms with Gasteiger partial charge in [0.25, 0.3) is 0 Å². The third-order valence-electron chi connectivity index (χ3n) is 2.33. The highest BCUT2D eigenvalue weighted by molar-refractivity contribution is 6.30. The van der Waals surface area contributed by atoms with Crippen LogP contribution in [0.25, 0.3) is 0 Å². The number of halogens is 2. The summed E-state index contributed by atoms with van der Waals surface area (Å²) in [4.78, 5) is 0. The molecule has 14 heavy (non-hydrogen) atoms. The molecule has 0 amide bonds. The van der Waals surface area contributed by atoms with Gasteiger partial charge in [-0.2, -0.15) is 0 Å². The highest BCUT2D eigenvalue weighted by Crippen LogP contribution is 2.20. The van der Waals surface area contributed by atoms with Gasteiger partial charge in [0.1, 0.15) is 5.82 Å². The van der Waals surface area contributed by atoms with E-state index in [1.807, 2.05) is 6.92 Å². The van der Waals surface area contributed by atoms with Gasteiger partial charge in [0.2, 0.25) is 0 Å². The Balaban J connectivity index is 2.83. The zero-order valence-corrected chi connectivity index (χ0v) is 9.11. The Hall–Kier alpha value is -0.600. The maximum absolute atomic E-state index is 13.0. The third kappa shape index (κ3) is 2.96. The minimum atomic E-state index is -0.778. The van der Waals surface area contributed by atoms with E-state index in [0.717, 1.165) is 5.56 Å². The predicted octanol–water partition coefficient (Wildman–Crippen LogP) is 3.18. The smallest absolute Gasteiger partial charge is 0.142 e. The number of benzene rings is 1. The van der Waals surface area contributed by atoms with Crippen molar-refractivity contribution in [1.29, 1.82) is 0 Å². The van der Waals surface area contributed by atoms with Crippen molar-refractivity contribution in [1.82, 2.24) is 0 Å². The van der Waals surface area contributed by atoms with E-state index >= 15 is 0 Å². The number of aliphatic hydroxyl groups is 1. The molecule has 1 rings (SSSR count). The summed E-state index contributed by atoms with van der Waals surface area (Å²) in [5, 5.41) is 9.90. The summed E-state index contributed by atoms with van der Waals surface area (Å²) in [6, 6.07) is 4.61. The molecule has 1 aromatic rings. The first-order valence-corrected chi connectivity index (χ1v) is 4.99. The van der Waals surface area contributed by atoms with Crippen LogP contribution in [-0.2, 0) is 6.42 Å². The fraction of sp³-hybridized carbons (Fsp3) is 0.455. The fourth-order valence-corrected chi connectivity index (χ4v) is 1.33. The molecule has 0 saturated heterocycles. The molecule has 0 heterocycles. The van der Waals surface area contributed by atoms with Crippen LogP contribution in [0.3, 0.4) is 0 Å². The van der Waals surface area contributed by atoms with Crippen molar-refractivity contribution in [2.24, 2.45) is 0 Å². The molecule has 0 aliphatic heterocycles. The van der Waals surface area contributed by atoms with E-state index in [1.54, 1.807) is 13.0 Å². The number of hydrogen-bond donors (Lipinski definition) is 1. The lowest BCUT2D eigenvalue weighted by Gasteiger charge is -2.21. The first kappa shape index (κ1) is 11.5. The molecule has 0 bridgehead atoms. The number of hydrogen-bond acceptors (Lipinski definition) is 1. The van der Waals surface area contributed by atoms with E-state index in [0.29, 0.717) is 12.8 Å². The molecule has 0 aliphatic rings. The lowest BCUT2D eigenvalue weighted by Crippen LogP contribution is -2.25. The molecule has 1 nitrogen and oxygen atoms in total. The van der Waals surface area contributed by atoms with Gasteiger partial charge < -0.3 is 5.11 Å². The molecule has 0 aromatic heterocycles. The molecular weight excluding hydrogens is 203 g/mol. The molecule has 3 heteroatoms. The first-order valence-electron chi connectivity index (χ1n) is 4.61. The Morgan fingerprint density at radius 2 is 2.14 bits per heavy atom. The molecule has 0 fully saturated rings. The number of rotatable bonds is 3. The van der Waals surface area contributed by atoms with Gasteiger partial charge in [0.05, 0.1) is 10.6 Å². The monoisotopic (exact) mass is 216 g/mol. The Bertz CT molecular complexity index is 323. The topological polar surface area (TPSA) is 20.2 Å². The highest BCUT2D eigenvalue weighted by atomic mass is 35.5. The van der Waals surface area contributed by atoms with Crippen LogP contribution in [0, 0.1) is 5.82 Å². The van der Waals surface area contributed by atoms with Crippen LogP contribution in [0.5, 0.6) is 0 Å². The van der Waals surface area contributed by atoms with Crippen LogP contribution in [0.4, 0.5) is 4.39 Å². The van der Waals surface area contributed by atoms with Gasteiger partial charge in [-0.05, 0) is 31.0 Å². The molecule has 1 aromatic carbocycles. The van der Waals surface area contributed by atoms with E-state index in [4.69, 9.17) is 11.6 Å². The quantitative estimate of drug-likeness (QED) is 0.823. The molecule has 0 saturated carbocycles. The lowest BCUT2D eigenvalue weighted by molar-refractivity contribution is 0.0564. The summed E-state index contributed by atoms with van der Waals surface area (Å²) >= 11 is 5.55. The van der Waals surface area contributed by atoms with E-state index in [9.17, 15) is 9.50 Å². The van der Waals surface area contributed by atoms with Crippen molar-refractivity contribution < 1.29 is 9.50 Å². The summed E-state index contributed by atoms with van der Waals surface area (Å²) in [6.07, 6.45) is 1.08. The van der Waals surface area contributed by atoms with E-state index < -0.39 is 11.4 Å². The fourth-order valence-electron chi connectivity index (χ4n) is 1.21. The van der Waals surface area contributed by atoms with Crippen molar-refractivity contribution >= 4 is 11.6 Å². The van der Waals surface area contributed by atoms with Crippen LogP contribution in [0.1, 0.15) is 25.8 Å². The van der Waals surface area contributed by atoms with Gasteiger partial charge in [-0.1, -0.05) is 24.6 Å². The Morgan fingerprint density at radius 1 is 1.50 bits per heavy atom. The minimum Gasteiger partial charge on any atom is -0.390 e. The van der Waals surface area contributed by atoms with Crippen molar-refractivity contribution in [3.8, 4) is 0 Å².